The van der Waals surface area contributed by atoms with Gasteiger partial charge >= 0.3 is 11.7 Å². The van der Waals surface area contributed by atoms with Crippen LogP contribution in [0, 0.1) is 16.0 Å². The molecule has 1 aliphatic rings. The number of rotatable bonds is 7. The van der Waals surface area contributed by atoms with Crippen LogP contribution < -0.4 is 14.2 Å². The molecule has 10 nitrogen and oxygen atoms in total. The molecule has 1 aromatic rings. The highest BCUT2D eigenvalue weighted by Gasteiger charge is 2.45. The maximum Gasteiger partial charge on any atom is 0.337 e. The topological polar surface area (TPSA) is 116 Å². The molecule has 0 saturated carbocycles. The quantitative estimate of drug-likeness (QED) is 0.387. The maximum absolute atomic E-state index is 12.2. The van der Waals surface area contributed by atoms with Gasteiger partial charge in [0.15, 0.2) is 17.6 Å². The van der Waals surface area contributed by atoms with Crippen molar-refractivity contribution in [3.8, 4) is 17.2 Å². The number of esters is 1. The number of nitro benzene ring substituents is 1. The van der Waals surface area contributed by atoms with Crippen molar-refractivity contribution in [2.24, 2.45) is 5.92 Å². The zero-order valence-electron chi connectivity index (χ0n) is 16.7. The number of hydrogen-bond donors (Lipinski definition) is 0. The largest absolute Gasteiger partial charge is 0.493 e. The van der Waals surface area contributed by atoms with Crippen LogP contribution in [-0.2, 0) is 19.0 Å². The van der Waals surface area contributed by atoms with Crippen LogP contribution >= 0.6 is 0 Å². The molecule has 0 unspecified atom stereocenters. The first-order valence-corrected chi connectivity index (χ1v) is 8.57. The summed E-state index contributed by atoms with van der Waals surface area (Å²) in [5.74, 6) is -0.399. The monoisotopic (exact) mass is 399 g/mol. The van der Waals surface area contributed by atoms with Gasteiger partial charge in [-0.05, 0) is 12.3 Å². The Morgan fingerprint density at radius 2 is 1.79 bits per heavy atom. The second kappa shape index (κ2) is 9.07. The minimum atomic E-state index is -1.00. The van der Waals surface area contributed by atoms with E-state index < -0.39 is 29.2 Å². The van der Waals surface area contributed by atoms with Gasteiger partial charge in [-0.1, -0.05) is 6.92 Å². The summed E-state index contributed by atoms with van der Waals surface area (Å²) in [7, 11) is 6.84. The van der Waals surface area contributed by atoms with Gasteiger partial charge in [0.2, 0.25) is 5.75 Å². The molecular formula is C18H25NO9. The number of hydrogen-bond acceptors (Lipinski definition) is 9. The molecule has 10 heteroatoms. The zero-order chi connectivity index (χ0) is 21.0. The number of ether oxygens (including phenoxy) is 6. The Balaban J connectivity index is 2.68. The van der Waals surface area contributed by atoms with E-state index in [9.17, 15) is 14.9 Å². The minimum absolute atomic E-state index is 0.0148. The van der Waals surface area contributed by atoms with Crippen LogP contribution in [-0.4, -0.2) is 58.6 Å². The van der Waals surface area contributed by atoms with E-state index in [0.29, 0.717) is 12.0 Å². The lowest BCUT2D eigenvalue weighted by Crippen LogP contribution is -2.46. The Morgan fingerprint density at radius 3 is 2.25 bits per heavy atom. The van der Waals surface area contributed by atoms with Crippen LogP contribution in [0.3, 0.4) is 0 Å². The third kappa shape index (κ3) is 3.83. The van der Waals surface area contributed by atoms with Gasteiger partial charge in [0.25, 0.3) is 0 Å². The van der Waals surface area contributed by atoms with Crippen LogP contribution in [0.2, 0.25) is 0 Å². The molecular weight excluding hydrogens is 374 g/mol. The summed E-state index contributed by atoms with van der Waals surface area (Å²) >= 11 is 0. The molecule has 0 aromatic heterocycles. The predicted octanol–water partition coefficient (Wildman–Crippen LogP) is 2.27. The number of benzene rings is 1. The van der Waals surface area contributed by atoms with Gasteiger partial charge < -0.3 is 28.4 Å². The van der Waals surface area contributed by atoms with Crippen molar-refractivity contribution in [3.63, 3.8) is 0 Å². The maximum atomic E-state index is 12.2. The first-order valence-electron chi connectivity index (χ1n) is 8.57. The van der Waals surface area contributed by atoms with E-state index in [1.54, 1.807) is 0 Å². The smallest absolute Gasteiger partial charge is 0.337 e. The molecule has 2 rings (SSSR count). The summed E-state index contributed by atoms with van der Waals surface area (Å²) in [6.07, 6.45) is -1.82. The van der Waals surface area contributed by atoms with Crippen LogP contribution in [0.1, 0.15) is 25.0 Å². The molecule has 1 aromatic carbocycles. The second-order valence-electron chi connectivity index (χ2n) is 6.32. The fraction of sp³-hybridized carbons (Fsp3) is 0.611. The number of methoxy groups -OCH3 is 5. The van der Waals surface area contributed by atoms with Crippen molar-refractivity contribution in [3.05, 3.63) is 21.7 Å². The molecule has 1 aliphatic heterocycles. The van der Waals surface area contributed by atoms with Crippen LogP contribution in [0.4, 0.5) is 5.69 Å². The van der Waals surface area contributed by atoms with E-state index in [4.69, 9.17) is 28.4 Å². The number of carbonyl (C=O) groups is 1. The van der Waals surface area contributed by atoms with E-state index in [2.05, 4.69) is 0 Å². The predicted molar refractivity (Wildman–Crippen MR) is 97.0 cm³/mol. The number of nitrogens with zero attached hydrogens (tertiary/aromatic N) is 1. The fourth-order valence-corrected chi connectivity index (χ4v) is 3.49. The summed E-state index contributed by atoms with van der Waals surface area (Å²) < 4.78 is 32.3. The van der Waals surface area contributed by atoms with Gasteiger partial charge in [-0.25, -0.2) is 4.79 Å². The summed E-state index contributed by atoms with van der Waals surface area (Å²) in [6.45, 7) is 1.88. The third-order valence-corrected chi connectivity index (χ3v) is 4.81. The average molecular weight is 399 g/mol. The molecule has 0 bridgehead atoms. The molecule has 0 radical (unpaired) electrons. The van der Waals surface area contributed by atoms with Crippen LogP contribution in [0.15, 0.2) is 6.07 Å². The SMILES string of the molecule is COC(=O)[C@H]1O[C@H](c2c(OC)c(OC)cc([N+](=O)[O-])c2OC)[C@@H](C)C[C@@H]1OC. The fourth-order valence-electron chi connectivity index (χ4n) is 3.49. The van der Waals surface area contributed by atoms with E-state index >= 15 is 0 Å². The third-order valence-electron chi connectivity index (χ3n) is 4.81. The lowest BCUT2D eigenvalue weighted by Gasteiger charge is -2.39. The van der Waals surface area contributed by atoms with Crippen LogP contribution in [0.5, 0.6) is 17.2 Å². The van der Waals surface area contributed by atoms with Crippen LogP contribution in [0.25, 0.3) is 0 Å². The van der Waals surface area contributed by atoms with E-state index in [0.717, 1.165) is 0 Å². The Labute approximate surface area is 162 Å². The second-order valence-corrected chi connectivity index (χ2v) is 6.32. The van der Waals surface area contributed by atoms with Crippen molar-refractivity contribution >= 4 is 11.7 Å². The van der Waals surface area contributed by atoms with Gasteiger partial charge in [0.05, 0.1) is 57.2 Å². The molecule has 0 amide bonds. The summed E-state index contributed by atoms with van der Waals surface area (Å²) in [5, 5.41) is 11.6. The van der Waals surface area contributed by atoms with Gasteiger partial charge in [0, 0.05) is 7.11 Å². The molecule has 4 atom stereocenters. The highest BCUT2D eigenvalue weighted by atomic mass is 16.6. The van der Waals surface area contributed by atoms with Crippen molar-refractivity contribution in [1.82, 2.24) is 0 Å². The first kappa shape index (κ1) is 21.7. The zero-order valence-corrected chi connectivity index (χ0v) is 16.7. The Bertz CT molecular complexity index is 736. The summed E-state index contributed by atoms with van der Waals surface area (Å²) in [6, 6.07) is 1.23. The van der Waals surface area contributed by atoms with Crippen molar-refractivity contribution in [2.75, 3.05) is 35.5 Å². The Hall–Kier alpha value is -2.59. The molecule has 156 valence electrons. The van der Waals surface area contributed by atoms with Crippen molar-refractivity contribution < 1.29 is 38.1 Å². The Morgan fingerprint density at radius 1 is 1.14 bits per heavy atom. The van der Waals surface area contributed by atoms with Gasteiger partial charge in [0.1, 0.15) is 0 Å². The lowest BCUT2D eigenvalue weighted by molar-refractivity contribution is -0.386. The minimum Gasteiger partial charge on any atom is -0.493 e. The first-order chi connectivity index (χ1) is 13.3. The van der Waals surface area contributed by atoms with Gasteiger partial charge in [-0.3, -0.25) is 10.1 Å². The molecule has 0 spiro atoms. The molecule has 0 N–H and O–H groups in total. The number of nitro groups is 1. The molecule has 1 heterocycles. The average Bonchev–Trinajstić information content (AvgIpc) is 2.70. The molecule has 0 aliphatic carbocycles. The molecule has 28 heavy (non-hydrogen) atoms. The standard InChI is InChI=1S/C18H25NO9/c1-9-7-11(23-2)17(18(20)27-6)28-14(9)13-15(25-4)10(19(21)22)8-12(24-3)16(13)26-5/h8-9,11,14,17H,7H2,1-6H3/t9-,11-,14-,17-/m0/s1. The highest BCUT2D eigenvalue weighted by molar-refractivity contribution is 5.75. The summed E-state index contributed by atoms with van der Waals surface area (Å²) in [4.78, 5) is 23.2. The normalized spacial score (nSPS) is 24.4. The lowest BCUT2D eigenvalue weighted by atomic mass is 9.86. The van der Waals surface area contributed by atoms with E-state index in [1.807, 2.05) is 6.92 Å². The molecule has 1 fully saturated rings. The summed E-state index contributed by atoms with van der Waals surface area (Å²) in [5.41, 5.74) is 0.00133. The highest BCUT2D eigenvalue weighted by Crippen LogP contribution is 2.52. The van der Waals surface area contributed by atoms with Gasteiger partial charge in [-0.2, -0.15) is 0 Å². The Kier molecular flexibility index (Phi) is 7.03. The van der Waals surface area contributed by atoms with Gasteiger partial charge in [-0.15, -0.1) is 0 Å². The van der Waals surface area contributed by atoms with Crippen molar-refractivity contribution in [2.45, 2.75) is 31.7 Å². The van der Waals surface area contributed by atoms with Crippen molar-refractivity contribution in [1.29, 1.82) is 0 Å². The number of carbonyl (C=O) groups excluding carboxylic acids is 1. The van der Waals surface area contributed by atoms with E-state index in [-0.39, 0.29) is 28.9 Å². The molecule has 1 saturated heterocycles. The van der Waals surface area contributed by atoms with E-state index in [1.165, 1.54) is 41.6 Å².